The average molecular weight is 497 g/mol. The van der Waals surface area contributed by atoms with Gasteiger partial charge in [-0.1, -0.05) is 72.7 Å². The first-order valence-corrected chi connectivity index (χ1v) is 13.1. The van der Waals surface area contributed by atoms with Crippen molar-refractivity contribution in [1.29, 1.82) is 0 Å². The van der Waals surface area contributed by atoms with E-state index >= 15 is 0 Å². The molecule has 6 nitrogen and oxygen atoms in total. The molecule has 2 aliphatic carbocycles. The zero-order valence-corrected chi connectivity index (χ0v) is 21.2. The summed E-state index contributed by atoms with van der Waals surface area (Å²) in [6.07, 6.45) is 3.38. The Kier molecular flexibility index (Phi) is 7.45. The van der Waals surface area contributed by atoms with Gasteiger partial charge in [-0.05, 0) is 35.8 Å². The summed E-state index contributed by atoms with van der Waals surface area (Å²) in [5.41, 5.74) is 4.34. The number of carbonyl (C=O) groups is 2. The molecular formula is C31H32N2O4. The van der Waals surface area contributed by atoms with Gasteiger partial charge in [0.2, 0.25) is 0 Å². The monoisotopic (exact) mass is 496 g/mol. The van der Waals surface area contributed by atoms with Gasteiger partial charge < -0.3 is 9.63 Å². The van der Waals surface area contributed by atoms with Crippen LogP contribution in [0.3, 0.4) is 0 Å². The zero-order chi connectivity index (χ0) is 25.8. The van der Waals surface area contributed by atoms with E-state index in [4.69, 9.17) is 4.52 Å². The van der Waals surface area contributed by atoms with Gasteiger partial charge in [0.1, 0.15) is 11.5 Å². The molecule has 1 N–H and O–H groups in total. The summed E-state index contributed by atoms with van der Waals surface area (Å²) in [5, 5.41) is 15.3. The van der Waals surface area contributed by atoms with Crippen LogP contribution >= 0.6 is 0 Å². The van der Waals surface area contributed by atoms with E-state index < -0.39 is 0 Å². The highest BCUT2D eigenvalue weighted by Gasteiger charge is 2.34. The minimum absolute atomic E-state index is 0.0168. The number of rotatable bonds is 7. The Labute approximate surface area is 217 Å². The predicted octanol–water partition coefficient (Wildman–Crippen LogP) is 6.33. The third-order valence-corrected chi connectivity index (χ3v) is 7.37. The molecule has 5 rings (SSSR count). The minimum Gasteiger partial charge on any atom is -0.511 e. The highest BCUT2D eigenvalue weighted by atomic mass is 16.5. The van der Waals surface area contributed by atoms with E-state index in [1.54, 1.807) is 0 Å². The lowest BCUT2D eigenvalue weighted by Crippen LogP contribution is -2.27. The Morgan fingerprint density at radius 3 is 2.19 bits per heavy atom. The van der Waals surface area contributed by atoms with Crippen molar-refractivity contribution in [3.05, 3.63) is 100 Å². The lowest BCUT2D eigenvalue weighted by molar-refractivity contribution is -0.116. The van der Waals surface area contributed by atoms with E-state index in [-0.39, 0.29) is 35.6 Å². The van der Waals surface area contributed by atoms with Gasteiger partial charge in [0, 0.05) is 44.4 Å². The summed E-state index contributed by atoms with van der Waals surface area (Å²) >= 11 is 0. The summed E-state index contributed by atoms with van der Waals surface area (Å²) in [5.74, 6) is 0.691. The number of hydrogen-bond acceptors (Lipinski definition) is 6. The molecule has 37 heavy (non-hydrogen) atoms. The fourth-order valence-electron chi connectivity index (χ4n) is 5.51. The lowest BCUT2D eigenvalue weighted by atomic mass is 9.78. The van der Waals surface area contributed by atoms with Crippen LogP contribution in [0.1, 0.15) is 83.8 Å². The second-order valence-electron chi connectivity index (χ2n) is 9.96. The van der Waals surface area contributed by atoms with Crippen LogP contribution in [-0.2, 0) is 17.6 Å². The second kappa shape index (κ2) is 11.1. The van der Waals surface area contributed by atoms with Crippen LogP contribution in [0.15, 0.2) is 81.5 Å². The van der Waals surface area contributed by atoms with Crippen LogP contribution in [-0.4, -0.2) is 34.1 Å². The molecule has 0 amide bonds. The smallest absolute Gasteiger partial charge is 0.168 e. The van der Waals surface area contributed by atoms with Crippen molar-refractivity contribution < 1.29 is 19.2 Å². The van der Waals surface area contributed by atoms with Gasteiger partial charge in [-0.15, -0.1) is 0 Å². The Morgan fingerprint density at radius 2 is 1.54 bits per heavy atom. The highest BCUT2D eigenvalue weighted by Crippen LogP contribution is 2.36. The Balaban J connectivity index is 1.34. The number of carbonyl (C=O) groups excluding carboxylic acids is 2. The summed E-state index contributed by atoms with van der Waals surface area (Å²) < 4.78 is 5.59. The van der Waals surface area contributed by atoms with Gasteiger partial charge in [0.05, 0.1) is 16.8 Å². The highest BCUT2D eigenvalue weighted by molar-refractivity contribution is 6.24. The number of aliphatic imine (C=N–C) groups is 1. The van der Waals surface area contributed by atoms with Gasteiger partial charge in [-0.25, -0.2) is 0 Å². The van der Waals surface area contributed by atoms with Crippen molar-refractivity contribution in [2.24, 2.45) is 4.99 Å². The van der Waals surface area contributed by atoms with E-state index in [0.29, 0.717) is 67.0 Å². The molecule has 6 heteroatoms. The molecular weight excluding hydrogens is 464 g/mol. The molecule has 0 bridgehead atoms. The molecule has 1 fully saturated rings. The summed E-state index contributed by atoms with van der Waals surface area (Å²) in [7, 11) is 0. The van der Waals surface area contributed by atoms with Crippen LogP contribution in [0.25, 0.3) is 0 Å². The molecule has 190 valence electrons. The van der Waals surface area contributed by atoms with E-state index in [9.17, 15) is 14.7 Å². The Morgan fingerprint density at radius 1 is 0.919 bits per heavy atom. The summed E-state index contributed by atoms with van der Waals surface area (Å²) in [4.78, 5) is 31.0. The first kappa shape index (κ1) is 24.9. The van der Waals surface area contributed by atoms with Gasteiger partial charge in [-0.3, -0.25) is 14.6 Å². The van der Waals surface area contributed by atoms with Gasteiger partial charge in [0.15, 0.2) is 11.6 Å². The van der Waals surface area contributed by atoms with Gasteiger partial charge >= 0.3 is 0 Å². The fraction of sp³-hybridized carbons (Fsp3) is 0.355. The van der Waals surface area contributed by atoms with E-state index in [1.807, 2.05) is 67.6 Å². The largest absolute Gasteiger partial charge is 0.511 e. The number of benzene rings is 2. The van der Waals surface area contributed by atoms with Crippen molar-refractivity contribution in [3.8, 4) is 0 Å². The Bertz CT molecular complexity index is 1340. The van der Waals surface area contributed by atoms with Crippen molar-refractivity contribution in [3.63, 3.8) is 0 Å². The molecule has 0 radical (unpaired) electrons. The number of aromatic nitrogens is 1. The number of aryl methyl sites for hydroxylation is 1. The van der Waals surface area contributed by atoms with Crippen LogP contribution in [0.5, 0.6) is 0 Å². The number of aliphatic hydroxyl groups is 1. The zero-order valence-electron chi connectivity index (χ0n) is 21.2. The normalized spacial score (nSPS) is 22.2. The average Bonchev–Trinajstić information content (AvgIpc) is 3.35. The molecule has 2 aromatic carbocycles. The van der Waals surface area contributed by atoms with Crippen LogP contribution in [0.2, 0.25) is 0 Å². The number of ketones is 2. The number of aliphatic hydroxyl groups excluding tert-OH is 1. The molecule has 1 saturated carbocycles. The van der Waals surface area contributed by atoms with E-state index in [0.717, 1.165) is 17.5 Å². The first-order valence-electron chi connectivity index (χ1n) is 13.1. The van der Waals surface area contributed by atoms with Crippen molar-refractivity contribution in [2.75, 3.05) is 6.54 Å². The lowest BCUT2D eigenvalue weighted by Gasteiger charge is -2.26. The van der Waals surface area contributed by atoms with Gasteiger partial charge in [-0.2, -0.15) is 0 Å². The first-order chi connectivity index (χ1) is 18.0. The Hall–Kier alpha value is -3.80. The molecule has 2 aliphatic rings. The molecule has 3 aromatic rings. The second-order valence-corrected chi connectivity index (χ2v) is 9.96. The quantitative estimate of drug-likeness (QED) is 0.305. The molecule has 2 atom stereocenters. The maximum absolute atomic E-state index is 13.2. The SMILES string of the molecule is CCCN=C1CC(c2ccccc2)CC(=O)C1=C(O)CCc1noc2c1C(=O)CC(c1ccccc1)C2. The third-order valence-electron chi connectivity index (χ3n) is 7.37. The van der Waals surface area contributed by atoms with Gasteiger partial charge in [0.25, 0.3) is 0 Å². The minimum atomic E-state index is -0.0867. The molecule has 0 aliphatic heterocycles. The maximum atomic E-state index is 13.2. The molecule has 0 spiro atoms. The van der Waals surface area contributed by atoms with E-state index in [2.05, 4.69) is 10.1 Å². The number of nitrogens with zero attached hydrogens (tertiary/aromatic N) is 2. The molecule has 2 unspecified atom stereocenters. The predicted molar refractivity (Wildman–Crippen MR) is 142 cm³/mol. The van der Waals surface area contributed by atoms with Crippen molar-refractivity contribution in [1.82, 2.24) is 5.16 Å². The summed E-state index contributed by atoms with van der Waals surface area (Å²) in [6, 6.07) is 20.0. The van der Waals surface area contributed by atoms with Crippen molar-refractivity contribution >= 4 is 17.3 Å². The topological polar surface area (TPSA) is 92.8 Å². The third kappa shape index (κ3) is 5.33. The maximum Gasteiger partial charge on any atom is 0.168 e. The fourth-order valence-corrected chi connectivity index (χ4v) is 5.51. The standard InChI is InChI=1S/C31H32N2O4/c1-2-15-32-25-16-22(20-9-5-3-6-10-20)17-27(35)30(25)26(34)14-13-24-31-28(36)18-23(19-29(31)37-33-24)21-11-7-4-8-12-21/h3-12,22-23,34H,2,13-19H2,1H3. The number of allylic oxidation sites excluding steroid dienone is 2. The number of hydrogen-bond donors (Lipinski definition) is 1. The van der Waals surface area contributed by atoms with Crippen LogP contribution in [0, 0.1) is 0 Å². The molecule has 1 heterocycles. The molecule has 1 aromatic heterocycles. The summed E-state index contributed by atoms with van der Waals surface area (Å²) in [6.45, 7) is 2.65. The van der Waals surface area contributed by atoms with Crippen LogP contribution in [0.4, 0.5) is 0 Å². The molecule has 0 saturated heterocycles. The number of Topliss-reactive ketones (excluding diaryl/α,β-unsaturated/α-hetero) is 2. The van der Waals surface area contributed by atoms with E-state index in [1.165, 1.54) is 0 Å². The number of fused-ring (bicyclic) bond motifs is 1. The van der Waals surface area contributed by atoms with Crippen molar-refractivity contribution in [2.45, 2.75) is 63.7 Å². The van der Waals surface area contributed by atoms with Crippen LogP contribution < -0.4 is 0 Å².